The molecule has 0 spiro atoms. The summed E-state index contributed by atoms with van der Waals surface area (Å²) in [5.74, 6) is 2.97. The molecule has 108 valence electrons. The van der Waals surface area contributed by atoms with E-state index in [2.05, 4.69) is 33.0 Å². The molecule has 1 fully saturated rings. The minimum atomic E-state index is 0.647. The van der Waals surface area contributed by atoms with Gasteiger partial charge in [-0.2, -0.15) is 0 Å². The quantitative estimate of drug-likeness (QED) is 0.609. The van der Waals surface area contributed by atoms with Crippen LogP contribution in [0.15, 0.2) is 0 Å². The van der Waals surface area contributed by atoms with Crippen LogP contribution < -0.4 is 5.32 Å². The van der Waals surface area contributed by atoms with Crippen LogP contribution in [0.5, 0.6) is 0 Å². The largest absolute Gasteiger partial charge is 0.314 e. The Morgan fingerprint density at radius 2 is 1.83 bits per heavy atom. The van der Waals surface area contributed by atoms with Gasteiger partial charge in [-0.25, -0.2) is 0 Å². The van der Waals surface area contributed by atoms with Crippen LogP contribution >= 0.6 is 0 Å². The molecule has 1 N–H and O–H groups in total. The Hall–Kier alpha value is -0.0400. The molecule has 1 aliphatic carbocycles. The lowest BCUT2D eigenvalue weighted by Gasteiger charge is -2.25. The molecule has 0 aromatic heterocycles. The topological polar surface area (TPSA) is 12.0 Å². The number of hydrogen-bond acceptors (Lipinski definition) is 1. The van der Waals surface area contributed by atoms with Crippen LogP contribution in [0.3, 0.4) is 0 Å². The molecule has 1 rings (SSSR count). The first kappa shape index (κ1) is 16.0. The Morgan fingerprint density at radius 1 is 1.11 bits per heavy atom. The third kappa shape index (κ3) is 5.73. The van der Waals surface area contributed by atoms with Crippen molar-refractivity contribution < 1.29 is 0 Å². The van der Waals surface area contributed by atoms with Gasteiger partial charge in [0, 0.05) is 6.04 Å². The van der Waals surface area contributed by atoms with Gasteiger partial charge in [0.1, 0.15) is 0 Å². The SMILES string of the molecule is CCCCC(CC)CC1CCCC1CNC(C)C. The highest BCUT2D eigenvalue weighted by atomic mass is 14.9. The first-order valence-corrected chi connectivity index (χ1v) is 8.40. The van der Waals surface area contributed by atoms with Crippen molar-refractivity contribution in [3.05, 3.63) is 0 Å². The highest BCUT2D eigenvalue weighted by molar-refractivity contribution is 4.81. The third-order valence-electron chi connectivity index (χ3n) is 4.78. The molecule has 0 aromatic rings. The maximum absolute atomic E-state index is 3.65. The van der Waals surface area contributed by atoms with E-state index in [1.54, 1.807) is 0 Å². The molecule has 0 aromatic carbocycles. The van der Waals surface area contributed by atoms with Gasteiger partial charge in [-0.3, -0.25) is 0 Å². The van der Waals surface area contributed by atoms with Crippen molar-refractivity contribution in [2.45, 2.75) is 85.1 Å². The summed E-state index contributed by atoms with van der Waals surface area (Å²) in [6.45, 7) is 10.5. The van der Waals surface area contributed by atoms with Crippen LogP contribution in [0.25, 0.3) is 0 Å². The van der Waals surface area contributed by atoms with E-state index in [0.29, 0.717) is 6.04 Å². The third-order valence-corrected chi connectivity index (χ3v) is 4.78. The van der Waals surface area contributed by atoms with E-state index in [1.165, 1.54) is 57.9 Å². The second kappa shape index (κ2) is 8.96. The lowest BCUT2D eigenvalue weighted by molar-refractivity contribution is 0.273. The zero-order valence-corrected chi connectivity index (χ0v) is 13.2. The van der Waals surface area contributed by atoms with Crippen molar-refractivity contribution in [3.8, 4) is 0 Å². The van der Waals surface area contributed by atoms with E-state index >= 15 is 0 Å². The minimum absolute atomic E-state index is 0.647. The number of unbranched alkanes of at least 4 members (excludes halogenated alkanes) is 1. The molecule has 0 bridgehead atoms. The highest BCUT2D eigenvalue weighted by Crippen LogP contribution is 2.37. The van der Waals surface area contributed by atoms with Gasteiger partial charge in [0.25, 0.3) is 0 Å². The van der Waals surface area contributed by atoms with Crippen molar-refractivity contribution >= 4 is 0 Å². The molecule has 0 heterocycles. The molecular formula is C17H35N. The van der Waals surface area contributed by atoms with Crippen molar-refractivity contribution in [1.82, 2.24) is 5.32 Å². The summed E-state index contributed by atoms with van der Waals surface area (Å²) in [7, 11) is 0. The summed E-state index contributed by atoms with van der Waals surface area (Å²) < 4.78 is 0. The zero-order chi connectivity index (χ0) is 13.4. The van der Waals surface area contributed by atoms with Crippen LogP contribution in [-0.4, -0.2) is 12.6 Å². The number of nitrogens with one attached hydrogen (secondary N) is 1. The molecule has 0 aliphatic heterocycles. The van der Waals surface area contributed by atoms with Gasteiger partial charge < -0.3 is 5.32 Å². The lowest BCUT2D eigenvalue weighted by atomic mass is 9.83. The second-order valence-corrected chi connectivity index (χ2v) is 6.67. The van der Waals surface area contributed by atoms with Crippen LogP contribution in [0, 0.1) is 17.8 Å². The highest BCUT2D eigenvalue weighted by Gasteiger charge is 2.28. The van der Waals surface area contributed by atoms with Gasteiger partial charge in [-0.05, 0) is 37.1 Å². The first-order chi connectivity index (χ1) is 8.67. The van der Waals surface area contributed by atoms with Crippen molar-refractivity contribution in [2.24, 2.45) is 17.8 Å². The fourth-order valence-electron chi connectivity index (χ4n) is 3.49. The fraction of sp³-hybridized carbons (Fsp3) is 1.00. The van der Waals surface area contributed by atoms with Crippen LogP contribution in [-0.2, 0) is 0 Å². The summed E-state index contributed by atoms with van der Waals surface area (Å²) >= 11 is 0. The van der Waals surface area contributed by atoms with E-state index in [0.717, 1.165) is 17.8 Å². The van der Waals surface area contributed by atoms with Crippen molar-refractivity contribution in [2.75, 3.05) is 6.54 Å². The maximum Gasteiger partial charge on any atom is 0.00104 e. The number of hydrogen-bond donors (Lipinski definition) is 1. The van der Waals surface area contributed by atoms with Crippen molar-refractivity contribution in [3.63, 3.8) is 0 Å². The van der Waals surface area contributed by atoms with E-state index in [9.17, 15) is 0 Å². The Balaban J connectivity index is 2.33. The predicted molar refractivity (Wildman–Crippen MR) is 81.9 cm³/mol. The van der Waals surface area contributed by atoms with Crippen LogP contribution in [0.1, 0.15) is 79.1 Å². The average Bonchev–Trinajstić information content (AvgIpc) is 2.79. The standard InChI is InChI=1S/C17H35N/c1-5-7-9-15(6-2)12-16-10-8-11-17(16)13-18-14(3)4/h14-18H,5-13H2,1-4H3. The molecule has 0 saturated heterocycles. The minimum Gasteiger partial charge on any atom is -0.314 e. The lowest BCUT2D eigenvalue weighted by Crippen LogP contribution is -2.31. The van der Waals surface area contributed by atoms with Crippen LogP contribution in [0.4, 0.5) is 0 Å². The Bertz CT molecular complexity index is 200. The molecule has 0 radical (unpaired) electrons. The molecule has 3 atom stereocenters. The maximum atomic E-state index is 3.65. The Labute approximate surface area is 115 Å². The molecule has 1 heteroatoms. The van der Waals surface area contributed by atoms with Gasteiger partial charge in [0.2, 0.25) is 0 Å². The monoisotopic (exact) mass is 253 g/mol. The molecule has 3 unspecified atom stereocenters. The summed E-state index contributed by atoms with van der Waals surface area (Å²) in [6.07, 6.45) is 11.6. The van der Waals surface area contributed by atoms with E-state index in [1.807, 2.05) is 0 Å². The molecule has 0 amide bonds. The summed E-state index contributed by atoms with van der Waals surface area (Å²) in [5, 5.41) is 3.65. The molecule has 1 saturated carbocycles. The van der Waals surface area contributed by atoms with Gasteiger partial charge in [-0.15, -0.1) is 0 Å². The average molecular weight is 253 g/mol. The van der Waals surface area contributed by atoms with E-state index in [-0.39, 0.29) is 0 Å². The first-order valence-electron chi connectivity index (χ1n) is 8.40. The smallest absolute Gasteiger partial charge is 0.00104 e. The number of rotatable bonds is 9. The van der Waals surface area contributed by atoms with Gasteiger partial charge in [-0.1, -0.05) is 66.2 Å². The van der Waals surface area contributed by atoms with E-state index in [4.69, 9.17) is 0 Å². The van der Waals surface area contributed by atoms with Gasteiger partial charge in [0.15, 0.2) is 0 Å². The van der Waals surface area contributed by atoms with Gasteiger partial charge >= 0.3 is 0 Å². The Kier molecular flexibility index (Phi) is 7.97. The molecule has 1 nitrogen and oxygen atoms in total. The van der Waals surface area contributed by atoms with E-state index < -0.39 is 0 Å². The normalized spacial score (nSPS) is 25.8. The predicted octanol–water partition coefficient (Wildman–Crippen LogP) is 5.01. The fourth-order valence-corrected chi connectivity index (χ4v) is 3.49. The molecule has 18 heavy (non-hydrogen) atoms. The molecule has 1 aliphatic rings. The zero-order valence-electron chi connectivity index (χ0n) is 13.2. The van der Waals surface area contributed by atoms with Gasteiger partial charge in [0.05, 0.1) is 0 Å². The molecular weight excluding hydrogens is 218 g/mol. The summed E-state index contributed by atoms with van der Waals surface area (Å²) in [5.41, 5.74) is 0. The second-order valence-electron chi connectivity index (χ2n) is 6.67. The van der Waals surface area contributed by atoms with Crippen LogP contribution in [0.2, 0.25) is 0 Å². The Morgan fingerprint density at radius 3 is 2.44 bits per heavy atom. The van der Waals surface area contributed by atoms with Crippen molar-refractivity contribution in [1.29, 1.82) is 0 Å². The summed E-state index contributed by atoms with van der Waals surface area (Å²) in [6, 6.07) is 0.647. The summed E-state index contributed by atoms with van der Waals surface area (Å²) in [4.78, 5) is 0.